The summed E-state index contributed by atoms with van der Waals surface area (Å²) in [6, 6.07) is 0. The normalized spacial score (nSPS) is 14.1. The number of esters is 4. The van der Waals surface area contributed by atoms with Gasteiger partial charge in [-0.1, -0.05) is 409 Å². The van der Waals surface area contributed by atoms with Crippen LogP contribution in [0.25, 0.3) is 0 Å². The quantitative estimate of drug-likeness (QED) is 0.0222. The SMILES string of the molecule is CCC(C)CCCCCCCCC(=O)OC[C@H](COP(=O)(O)OC[C@H](O)COP(=O)(O)OC[C@@H](COC(=O)CCCCCCCCCCCCCCCCCC(C)C)OC(=O)CCCCCCCCCCCCCCCCCCCCC(C)C)OC(=O)CCCCCCCCCCCCCCCCCC(C)C. The van der Waals surface area contributed by atoms with E-state index in [0.29, 0.717) is 25.7 Å². The molecule has 107 heavy (non-hydrogen) atoms. The highest BCUT2D eigenvalue weighted by molar-refractivity contribution is 7.47. The predicted molar refractivity (Wildman–Crippen MR) is 441 cm³/mol. The second kappa shape index (κ2) is 76.7. The molecule has 0 radical (unpaired) electrons. The molecule has 0 amide bonds. The lowest BCUT2D eigenvalue weighted by Crippen LogP contribution is -2.30. The molecule has 0 spiro atoms. The Balaban J connectivity index is 5.23. The van der Waals surface area contributed by atoms with Crippen LogP contribution in [-0.4, -0.2) is 96.7 Å². The predicted octanol–water partition coefficient (Wildman–Crippen LogP) is 26.7. The number of hydrogen-bond donors (Lipinski definition) is 3. The van der Waals surface area contributed by atoms with Crippen molar-refractivity contribution in [3.8, 4) is 0 Å². The molecule has 0 bridgehead atoms. The lowest BCUT2D eigenvalue weighted by atomic mass is 10.00. The molecule has 0 fully saturated rings. The molecule has 0 aliphatic carbocycles. The highest BCUT2D eigenvalue weighted by Crippen LogP contribution is 2.45. The van der Waals surface area contributed by atoms with Gasteiger partial charge in [-0.15, -0.1) is 0 Å². The van der Waals surface area contributed by atoms with Crippen molar-refractivity contribution >= 4 is 39.5 Å². The maximum Gasteiger partial charge on any atom is 0.472 e. The van der Waals surface area contributed by atoms with Gasteiger partial charge in [0.25, 0.3) is 0 Å². The van der Waals surface area contributed by atoms with Crippen molar-refractivity contribution in [2.75, 3.05) is 39.6 Å². The van der Waals surface area contributed by atoms with Gasteiger partial charge in [0.2, 0.25) is 0 Å². The Morgan fingerprint density at radius 1 is 0.262 bits per heavy atom. The Hall–Kier alpha value is -1.94. The molecule has 0 aromatic carbocycles. The van der Waals surface area contributed by atoms with Crippen molar-refractivity contribution in [1.82, 2.24) is 0 Å². The minimum Gasteiger partial charge on any atom is -0.462 e. The third kappa shape index (κ3) is 80.5. The monoisotopic (exact) mass is 1560 g/mol. The molecule has 0 saturated heterocycles. The van der Waals surface area contributed by atoms with Gasteiger partial charge in [-0.25, -0.2) is 9.13 Å². The van der Waals surface area contributed by atoms with E-state index in [1.54, 1.807) is 0 Å². The molecule has 0 aromatic rings. The largest absolute Gasteiger partial charge is 0.472 e. The first-order chi connectivity index (χ1) is 51.6. The molecule has 0 aliphatic heterocycles. The van der Waals surface area contributed by atoms with E-state index in [4.69, 9.17) is 37.0 Å². The Labute approximate surface area is 658 Å². The summed E-state index contributed by atoms with van der Waals surface area (Å²) in [5.74, 6) is 1.05. The standard InChI is InChI=1S/C88H172O17P2/c1-9-81(8)67-59-51-46-47-53-61-69-86(91)99-75-84(105-88(93)71-63-55-45-39-33-27-21-15-18-24-30-36-42-50-58-66-80(6)7)77-103-107(96,97)101-73-82(89)72-100-106(94,95)102-76-83(74-98-85(90)68-60-52-43-37-31-25-20-14-17-23-29-35-41-49-57-65-79(4)5)104-87(92)70-62-54-44-38-32-26-19-13-11-10-12-16-22-28-34-40-48-56-64-78(2)3/h78-84,89H,9-77H2,1-8H3,(H,94,95)(H,96,97)/t81?,82-,83-,84-/m1/s1. The molecule has 0 aromatic heterocycles. The summed E-state index contributed by atoms with van der Waals surface area (Å²) >= 11 is 0. The van der Waals surface area contributed by atoms with Crippen LogP contribution in [-0.2, 0) is 65.4 Å². The van der Waals surface area contributed by atoms with Gasteiger partial charge in [-0.05, 0) is 49.4 Å². The van der Waals surface area contributed by atoms with Crippen LogP contribution < -0.4 is 0 Å². The van der Waals surface area contributed by atoms with E-state index in [1.165, 1.54) is 257 Å². The number of aliphatic hydroxyl groups excluding tert-OH is 1. The number of unbranched alkanes of at least 4 members (excludes halogenated alkanes) is 50. The highest BCUT2D eigenvalue weighted by atomic mass is 31.2. The average Bonchev–Trinajstić information content (AvgIpc) is 0.901. The van der Waals surface area contributed by atoms with E-state index in [-0.39, 0.29) is 25.7 Å². The first-order valence-corrected chi connectivity index (χ1v) is 48.2. The summed E-state index contributed by atoms with van der Waals surface area (Å²) in [6.45, 7) is 14.3. The van der Waals surface area contributed by atoms with Crippen LogP contribution in [0.4, 0.5) is 0 Å². The van der Waals surface area contributed by atoms with Crippen molar-refractivity contribution in [2.24, 2.45) is 23.7 Å². The number of phosphoric acid groups is 2. The molecule has 0 rings (SSSR count). The number of phosphoric ester groups is 2. The van der Waals surface area contributed by atoms with Gasteiger partial charge in [0.15, 0.2) is 12.2 Å². The van der Waals surface area contributed by atoms with Gasteiger partial charge >= 0.3 is 39.5 Å². The van der Waals surface area contributed by atoms with E-state index in [1.807, 2.05) is 0 Å². The Morgan fingerprint density at radius 2 is 0.449 bits per heavy atom. The van der Waals surface area contributed by atoms with Gasteiger partial charge < -0.3 is 33.8 Å². The van der Waals surface area contributed by atoms with E-state index in [0.717, 1.165) is 120 Å². The molecule has 0 aliphatic rings. The summed E-state index contributed by atoms with van der Waals surface area (Å²) in [7, 11) is -9.93. The highest BCUT2D eigenvalue weighted by Gasteiger charge is 2.31. The lowest BCUT2D eigenvalue weighted by Gasteiger charge is -2.21. The molecule has 3 unspecified atom stereocenters. The second-order valence-corrected chi connectivity index (χ2v) is 36.2. The van der Waals surface area contributed by atoms with E-state index < -0.39 is 97.5 Å². The first-order valence-electron chi connectivity index (χ1n) is 45.2. The molecule has 3 N–H and O–H groups in total. The summed E-state index contributed by atoms with van der Waals surface area (Å²) in [6.07, 6.45) is 66.7. The molecular weight excluding hydrogens is 1390 g/mol. The molecule has 636 valence electrons. The van der Waals surface area contributed by atoms with Crippen molar-refractivity contribution in [2.45, 2.75) is 478 Å². The number of carbonyl (C=O) groups is 4. The molecule has 0 heterocycles. The number of rotatable bonds is 85. The van der Waals surface area contributed by atoms with E-state index in [2.05, 4.69) is 55.4 Å². The van der Waals surface area contributed by atoms with Crippen LogP contribution in [0.2, 0.25) is 0 Å². The van der Waals surface area contributed by atoms with Gasteiger partial charge in [0.05, 0.1) is 26.4 Å². The maximum atomic E-state index is 13.2. The molecule has 0 saturated carbocycles. The molecule has 19 heteroatoms. The number of ether oxygens (including phenoxy) is 4. The molecular formula is C88H172O17P2. The van der Waals surface area contributed by atoms with E-state index >= 15 is 0 Å². The minimum absolute atomic E-state index is 0.107. The zero-order chi connectivity index (χ0) is 78.8. The van der Waals surface area contributed by atoms with Gasteiger partial charge in [-0.3, -0.25) is 37.3 Å². The fourth-order valence-electron chi connectivity index (χ4n) is 13.6. The third-order valence-electron chi connectivity index (χ3n) is 20.9. The molecule has 17 nitrogen and oxygen atoms in total. The third-order valence-corrected chi connectivity index (χ3v) is 22.8. The van der Waals surface area contributed by atoms with Crippen molar-refractivity contribution in [3.63, 3.8) is 0 Å². The van der Waals surface area contributed by atoms with Gasteiger partial charge in [0.1, 0.15) is 19.3 Å². The van der Waals surface area contributed by atoms with Crippen molar-refractivity contribution < 1.29 is 80.2 Å². The molecule has 6 atom stereocenters. The van der Waals surface area contributed by atoms with Crippen LogP contribution in [0.1, 0.15) is 460 Å². The number of aliphatic hydroxyl groups is 1. The van der Waals surface area contributed by atoms with Crippen LogP contribution >= 0.6 is 15.6 Å². The van der Waals surface area contributed by atoms with Crippen LogP contribution in [0.5, 0.6) is 0 Å². The first kappa shape index (κ1) is 105. The maximum absolute atomic E-state index is 13.2. The van der Waals surface area contributed by atoms with Crippen molar-refractivity contribution in [1.29, 1.82) is 0 Å². The second-order valence-electron chi connectivity index (χ2n) is 33.3. The number of hydrogen-bond acceptors (Lipinski definition) is 15. The summed E-state index contributed by atoms with van der Waals surface area (Å²) < 4.78 is 69.0. The minimum atomic E-state index is -4.97. The van der Waals surface area contributed by atoms with Crippen LogP contribution in [0.3, 0.4) is 0 Å². The zero-order valence-corrected chi connectivity index (χ0v) is 72.6. The van der Waals surface area contributed by atoms with Crippen molar-refractivity contribution in [3.05, 3.63) is 0 Å². The van der Waals surface area contributed by atoms with Crippen LogP contribution in [0.15, 0.2) is 0 Å². The Kier molecular flexibility index (Phi) is 75.3. The van der Waals surface area contributed by atoms with Crippen LogP contribution in [0, 0.1) is 23.7 Å². The fraction of sp³-hybridized carbons (Fsp3) is 0.955. The van der Waals surface area contributed by atoms with Gasteiger partial charge in [-0.2, -0.15) is 0 Å². The fourth-order valence-corrected chi connectivity index (χ4v) is 15.2. The Bertz CT molecular complexity index is 2080. The average molecular weight is 1560 g/mol. The number of carbonyl (C=O) groups excluding carboxylic acids is 4. The summed E-state index contributed by atoms with van der Waals surface area (Å²) in [5, 5.41) is 10.7. The zero-order valence-electron chi connectivity index (χ0n) is 70.8. The smallest absolute Gasteiger partial charge is 0.462 e. The van der Waals surface area contributed by atoms with E-state index in [9.17, 15) is 43.2 Å². The summed E-state index contributed by atoms with van der Waals surface area (Å²) in [5.41, 5.74) is 0. The topological polar surface area (TPSA) is 237 Å². The lowest BCUT2D eigenvalue weighted by molar-refractivity contribution is -0.161. The van der Waals surface area contributed by atoms with Gasteiger partial charge in [0, 0.05) is 25.7 Å². The Morgan fingerprint density at radius 3 is 0.664 bits per heavy atom. The summed E-state index contributed by atoms with van der Waals surface area (Å²) in [4.78, 5) is 73.3.